The van der Waals surface area contributed by atoms with Crippen LogP contribution in [0, 0.1) is 0 Å². The van der Waals surface area contributed by atoms with Crippen molar-refractivity contribution in [3.8, 4) is 0 Å². The number of hydrogen-bond donors (Lipinski definition) is 0. The molecule has 2 aromatic heterocycles. The van der Waals surface area contributed by atoms with Crippen LogP contribution in [0.3, 0.4) is 0 Å². The van der Waals surface area contributed by atoms with Gasteiger partial charge in [-0.1, -0.05) is 75.5 Å². The van der Waals surface area contributed by atoms with Gasteiger partial charge < -0.3 is 9.13 Å². The molecule has 0 aliphatic heterocycles. The van der Waals surface area contributed by atoms with Gasteiger partial charge in [-0.25, -0.2) is 0 Å². The average Bonchev–Trinajstić information content (AvgIpc) is 3.71. The molecule has 0 spiro atoms. The van der Waals surface area contributed by atoms with Crippen molar-refractivity contribution in [1.29, 1.82) is 0 Å². The highest BCUT2D eigenvalue weighted by Crippen LogP contribution is 2.41. The van der Waals surface area contributed by atoms with Crippen molar-refractivity contribution in [1.82, 2.24) is 29.5 Å². The van der Waals surface area contributed by atoms with Gasteiger partial charge in [0.05, 0.1) is 0 Å². The molecule has 0 saturated heterocycles. The van der Waals surface area contributed by atoms with E-state index in [4.69, 9.17) is 0 Å². The Morgan fingerprint density at radius 1 is 0.750 bits per heavy atom. The lowest BCUT2D eigenvalue weighted by molar-refractivity contribution is 0.599. The molecule has 0 N–H and O–H groups in total. The molecule has 5 rings (SSSR count). The number of nitrogens with zero attached hydrogens (tertiary/aromatic N) is 6. The highest BCUT2D eigenvalue weighted by molar-refractivity contribution is 7.98. The number of thioether (sulfide) groups is 2. The van der Waals surface area contributed by atoms with Crippen molar-refractivity contribution in [2.24, 2.45) is 0 Å². The first kappa shape index (κ1) is 22.0. The molecular formula is C24H32N6S2. The van der Waals surface area contributed by atoms with Crippen molar-refractivity contribution in [3.63, 3.8) is 0 Å². The minimum Gasteiger partial charge on any atom is -0.303 e. The van der Waals surface area contributed by atoms with Gasteiger partial charge in [-0.3, -0.25) is 0 Å². The van der Waals surface area contributed by atoms with Crippen LogP contribution in [0.4, 0.5) is 0 Å². The lowest BCUT2D eigenvalue weighted by atomic mass is 10.2. The summed E-state index contributed by atoms with van der Waals surface area (Å²) in [7, 11) is 0. The lowest BCUT2D eigenvalue weighted by Crippen LogP contribution is -2.05. The maximum Gasteiger partial charge on any atom is 0.191 e. The van der Waals surface area contributed by atoms with Crippen molar-refractivity contribution >= 4 is 23.5 Å². The predicted octanol–water partition coefficient (Wildman–Crippen LogP) is 6.37. The van der Waals surface area contributed by atoms with Crippen molar-refractivity contribution in [3.05, 3.63) is 47.0 Å². The molecule has 0 radical (unpaired) electrons. The fraction of sp³-hybridized carbons (Fsp3) is 0.583. The molecule has 2 heterocycles. The van der Waals surface area contributed by atoms with Crippen LogP contribution >= 0.6 is 23.5 Å². The third kappa shape index (κ3) is 4.76. The Morgan fingerprint density at radius 2 is 1.19 bits per heavy atom. The zero-order valence-electron chi connectivity index (χ0n) is 19.4. The maximum atomic E-state index is 4.51. The van der Waals surface area contributed by atoms with Gasteiger partial charge in [0.2, 0.25) is 0 Å². The van der Waals surface area contributed by atoms with E-state index in [2.05, 4.69) is 81.5 Å². The Bertz CT molecular complexity index is 997. The molecule has 6 nitrogen and oxygen atoms in total. The Morgan fingerprint density at radius 3 is 1.56 bits per heavy atom. The first-order chi connectivity index (χ1) is 15.5. The molecule has 3 aromatic rings. The molecule has 2 aliphatic rings. The van der Waals surface area contributed by atoms with Gasteiger partial charge in [0.15, 0.2) is 10.3 Å². The van der Waals surface area contributed by atoms with E-state index in [0.717, 1.165) is 33.5 Å². The van der Waals surface area contributed by atoms with Crippen LogP contribution in [-0.2, 0) is 11.5 Å². The number of aromatic nitrogens is 6. The van der Waals surface area contributed by atoms with Crippen molar-refractivity contribution < 1.29 is 0 Å². The quantitative estimate of drug-likeness (QED) is 0.322. The Labute approximate surface area is 199 Å². The zero-order chi connectivity index (χ0) is 22.2. The van der Waals surface area contributed by atoms with E-state index in [1.165, 1.54) is 36.8 Å². The predicted molar refractivity (Wildman–Crippen MR) is 130 cm³/mol. The van der Waals surface area contributed by atoms with Crippen LogP contribution in [-0.4, -0.2) is 29.5 Å². The molecular weight excluding hydrogens is 436 g/mol. The summed E-state index contributed by atoms with van der Waals surface area (Å²) in [5.41, 5.74) is 2.66. The highest BCUT2D eigenvalue weighted by Gasteiger charge is 2.31. The monoisotopic (exact) mass is 468 g/mol. The lowest BCUT2D eigenvalue weighted by Gasteiger charge is -2.11. The number of rotatable bonds is 10. The summed E-state index contributed by atoms with van der Waals surface area (Å²) in [5, 5.41) is 20.1. The van der Waals surface area contributed by atoms with E-state index in [9.17, 15) is 0 Å². The van der Waals surface area contributed by atoms with E-state index in [0.29, 0.717) is 23.9 Å². The molecule has 0 unspecified atom stereocenters. The second-order valence-electron chi connectivity index (χ2n) is 9.59. The Balaban J connectivity index is 1.24. The van der Waals surface area contributed by atoms with Crippen LogP contribution in [0.5, 0.6) is 0 Å². The van der Waals surface area contributed by atoms with Crippen LogP contribution in [0.2, 0.25) is 0 Å². The first-order valence-corrected chi connectivity index (χ1v) is 13.7. The SMILES string of the molecule is CC(C)c1nnc(SCc2cccc(CSc3nnc(C(C)C)n3C3CC3)c2)n1C1CC1. The summed E-state index contributed by atoms with van der Waals surface area (Å²) in [6.07, 6.45) is 5.01. The van der Waals surface area contributed by atoms with Gasteiger partial charge >= 0.3 is 0 Å². The van der Waals surface area contributed by atoms with Crippen LogP contribution in [0.15, 0.2) is 34.6 Å². The third-order valence-electron chi connectivity index (χ3n) is 5.97. The van der Waals surface area contributed by atoms with Crippen molar-refractivity contribution in [2.45, 2.75) is 99.1 Å². The standard InChI is InChI=1S/C24H32N6S2/c1-15(2)21-25-27-23(29(21)19-8-9-19)31-13-17-6-5-7-18(12-17)14-32-24-28-26-22(16(3)4)30(24)20-10-11-20/h5-7,12,15-16,19-20H,8-11,13-14H2,1-4H3. The molecule has 1 aromatic carbocycles. The second-order valence-corrected chi connectivity index (χ2v) is 11.5. The average molecular weight is 469 g/mol. The molecule has 32 heavy (non-hydrogen) atoms. The van der Waals surface area contributed by atoms with Crippen LogP contribution in [0.1, 0.15) is 100 Å². The molecule has 0 atom stereocenters. The number of hydrogen-bond acceptors (Lipinski definition) is 6. The van der Waals surface area contributed by atoms with Gasteiger partial charge in [-0.15, -0.1) is 20.4 Å². The van der Waals surface area contributed by atoms with Gasteiger partial charge in [0.25, 0.3) is 0 Å². The van der Waals surface area contributed by atoms with E-state index in [-0.39, 0.29) is 0 Å². The molecule has 8 heteroatoms. The fourth-order valence-electron chi connectivity index (χ4n) is 4.02. The summed E-state index contributed by atoms with van der Waals surface area (Å²) in [5.74, 6) is 4.90. The minimum absolute atomic E-state index is 0.409. The highest BCUT2D eigenvalue weighted by atomic mass is 32.2. The molecule has 2 saturated carbocycles. The maximum absolute atomic E-state index is 4.51. The minimum atomic E-state index is 0.409. The molecule has 2 fully saturated rings. The van der Waals surface area contributed by atoms with Crippen LogP contribution in [0.25, 0.3) is 0 Å². The van der Waals surface area contributed by atoms with E-state index in [1.54, 1.807) is 0 Å². The largest absolute Gasteiger partial charge is 0.303 e. The smallest absolute Gasteiger partial charge is 0.191 e. The summed E-state index contributed by atoms with van der Waals surface area (Å²) >= 11 is 3.61. The normalized spacial score (nSPS) is 16.4. The van der Waals surface area contributed by atoms with Gasteiger partial charge in [-0.05, 0) is 36.8 Å². The Kier molecular flexibility index (Phi) is 6.34. The van der Waals surface area contributed by atoms with Gasteiger partial charge in [-0.2, -0.15) is 0 Å². The summed E-state index contributed by atoms with van der Waals surface area (Å²) in [4.78, 5) is 0. The third-order valence-corrected chi connectivity index (χ3v) is 7.99. The first-order valence-electron chi connectivity index (χ1n) is 11.7. The Hall–Kier alpha value is -1.80. The second kappa shape index (κ2) is 9.21. The summed E-state index contributed by atoms with van der Waals surface area (Å²) in [6.45, 7) is 8.80. The molecule has 0 amide bonds. The summed E-state index contributed by atoms with van der Waals surface area (Å²) in [6, 6.07) is 10.1. The number of benzene rings is 1. The van der Waals surface area contributed by atoms with Crippen molar-refractivity contribution in [2.75, 3.05) is 0 Å². The van der Waals surface area contributed by atoms with E-state index < -0.39 is 0 Å². The molecule has 0 bridgehead atoms. The zero-order valence-corrected chi connectivity index (χ0v) is 21.0. The van der Waals surface area contributed by atoms with Crippen LogP contribution < -0.4 is 0 Å². The van der Waals surface area contributed by atoms with Gasteiger partial charge in [0.1, 0.15) is 11.6 Å². The molecule has 2 aliphatic carbocycles. The van der Waals surface area contributed by atoms with Gasteiger partial charge in [0, 0.05) is 35.4 Å². The molecule has 170 valence electrons. The summed E-state index contributed by atoms with van der Waals surface area (Å²) < 4.78 is 4.76. The topological polar surface area (TPSA) is 61.4 Å². The fourth-order valence-corrected chi connectivity index (χ4v) is 5.93. The van der Waals surface area contributed by atoms with E-state index >= 15 is 0 Å². The van der Waals surface area contributed by atoms with E-state index in [1.807, 2.05) is 23.5 Å².